The fourth-order valence-corrected chi connectivity index (χ4v) is 2.81. The lowest BCUT2D eigenvalue weighted by atomic mass is 10.2. The molecule has 0 aliphatic heterocycles. The molecule has 26 heavy (non-hydrogen) atoms. The zero-order valence-electron chi connectivity index (χ0n) is 13.2. The summed E-state index contributed by atoms with van der Waals surface area (Å²) >= 11 is 12.1. The molecule has 1 amide bonds. The van der Waals surface area contributed by atoms with Crippen molar-refractivity contribution < 1.29 is 4.79 Å². The van der Waals surface area contributed by atoms with Crippen LogP contribution in [0.4, 0.5) is 5.82 Å². The van der Waals surface area contributed by atoms with Crippen molar-refractivity contribution in [2.75, 3.05) is 5.32 Å². The fraction of sp³-hybridized carbons (Fsp3) is 0.0625. The molecule has 4 rings (SSSR count). The van der Waals surface area contributed by atoms with Crippen LogP contribution in [-0.4, -0.2) is 35.3 Å². The van der Waals surface area contributed by atoms with Crippen molar-refractivity contribution in [1.82, 2.24) is 29.4 Å². The molecule has 0 aliphatic rings. The summed E-state index contributed by atoms with van der Waals surface area (Å²) in [6.45, 7) is 0.447. The van der Waals surface area contributed by atoms with Crippen molar-refractivity contribution in [2.24, 2.45) is 0 Å². The van der Waals surface area contributed by atoms with Crippen LogP contribution in [0.1, 0.15) is 16.2 Å². The topological polar surface area (TPSA) is 90.0 Å². The van der Waals surface area contributed by atoms with E-state index >= 15 is 0 Å². The Morgan fingerprint density at radius 2 is 2.04 bits per heavy atom. The molecule has 0 fully saturated rings. The van der Waals surface area contributed by atoms with E-state index in [0.717, 1.165) is 5.56 Å². The van der Waals surface area contributed by atoms with Gasteiger partial charge in [0.25, 0.3) is 11.7 Å². The number of fused-ring (bicyclic) bond motifs is 1. The third kappa shape index (κ3) is 3.37. The first-order valence-electron chi connectivity index (χ1n) is 7.54. The Balaban J connectivity index is 1.48. The van der Waals surface area contributed by atoms with E-state index in [1.807, 2.05) is 6.07 Å². The lowest BCUT2D eigenvalue weighted by molar-refractivity contribution is 0.101. The van der Waals surface area contributed by atoms with Gasteiger partial charge in [-0.3, -0.25) is 9.48 Å². The molecule has 130 valence electrons. The molecule has 1 aromatic carbocycles. The molecular formula is C16H11Cl2N7O. The fourth-order valence-electron chi connectivity index (χ4n) is 2.34. The highest BCUT2D eigenvalue weighted by Crippen LogP contribution is 2.21. The number of nitrogens with zero attached hydrogens (tertiary/aromatic N) is 6. The summed E-state index contributed by atoms with van der Waals surface area (Å²) in [6, 6.07) is 8.65. The standard InChI is InChI=1S/C16H11Cl2N7O/c17-11-3-2-10(12(18)8-11)9-24-7-4-13(22-24)20-15(26)14-21-16-19-5-1-6-25(16)23-14/h1-8H,9H2,(H,20,22,26). The highest BCUT2D eigenvalue weighted by Gasteiger charge is 2.15. The average molecular weight is 388 g/mol. The van der Waals surface area contributed by atoms with Crippen LogP contribution in [0.2, 0.25) is 10.0 Å². The molecule has 3 aromatic heterocycles. The van der Waals surface area contributed by atoms with Crippen molar-refractivity contribution in [3.8, 4) is 0 Å². The SMILES string of the molecule is O=C(Nc1ccn(Cc2ccc(Cl)cc2Cl)n1)c1nc2ncccn2n1. The Morgan fingerprint density at radius 1 is 1.15 bits per heavy atom. The number of hydrogen-bond donors (Lipinski definition) is 1. The van der Waals surface area contributed by atoms with E-state index < -0.39 is 5.91 Å². The zero-order valence-corrected chi connectivity index (χ0v) is 14.7. The van der Waals surface area contributed by atoms with Gasteiger partial charge in [0.05, 0.1) is 6.54 Å². The van der Waals surface area contributed by atoms with Crippen LogP contribution >= 0.6 is 23.2 Å². The molecule has 1 N–H and O–H groups in total. The lowest BCUT2D eigenvalue weighted by Crippen LogP contribution is -2.14. The van der Waals surface area contributed by atoms with Crippen molar-refractivity contribution in [3.05, 3.63) is 70.4 Å². The Labute approximate surface area is 157 Å². The van der Waals surface area contributed by atoms with Gasteiger partial charge in [-0.05, 0) is 23.8 Å². The van der Waals surface area contributed by atoms with Crippen molar-refractivity contribution in [2.45, 2.75) is 6.54 Å². The van der Waals surface area contributed by atoms with Crippen molar-refractivity contribution in [1.29, 1.82) is 0 Å². The molecule has 0 bridgehead atoms. The van der Waals surface area contributed by atoms with Gasteiger partial charge in [-0.2, -0.15) is 10.1 Å². The molecular weight excluding hydrogens is 377 g/mol. The Morgan fingerprint density at radius 3 is 2.85 bits per heavy atom. The number of nitrogens with one attached hydrogen (secondary N) is 1. The summed E-state index contributed by atoms with van der Waals surface area (Å²) in [5, 5.41) is 12.2. The zero-order chi connectivity index (χ0) is 18.1. The second kappa shape index (κ2) is 6.74. The summed E-state index contributed by atoms with van der Waals surface area (Å²) in [7, 11) is 0. The molecule has 0 spiro atoms. The van der Waals surface area contributed by atoms with Gasteiger partial charge in [-0.1, -0.05) is 29.3 Å². The number of carbonyl (C=O) groups is 1. The maximum Gasteiger partial charge on any atom is 0.296 e. The number of rotatable bonds is 4. The van der Waals surface area contributed by atoms with Crippen LogP contribution in [0.3, 0.4) is 0 Å². The summed E-state index contributed by atoms with van der Waals surface area (Å²) in [4.78, 5) is 20.4. The Hall–Kier alpha value is -2.97. The number of aromatic nitrogens is 6. The van der Waals surface area contributed by atoms with Gasteiger partial charge in [-0.25, -0.2) is 9.50 Å². The minimum absolute atomic E-state index is 0.0130. The van der Waals surface area contributed by atoms with Gasteiger partial charge in [0.2, 0.25) is 5.82 Å². The van der Waals surface area contributed by atoms with Crippen LogP contribution in [0, 0.1) is 0 Å². The normalized spacial score (nSPS) is 11.0. The maximum atomic E-state index is 12.3. The molecule has 0 radical (unpaired) electrons. The van der Waals surface area contributed by atoms with Crippen LogP contribution in [0.25, 0.3) is 5.78 Å². The lowest BCUT2D eigenvalue weighted by Gasteiger charge is -2.05. The first-order chi connectivity index (χ1) is 12.6. The van der Waals surface area contributed by atoms with Crippen LogP contribution < -0.4 is 5.32 Å². The molecule has 0 atom stereocenters. The first kappa shape index (κ1) is 16.5. The third-order valence-electron chi connectivity index (χ3n) is 3.55. The Kier molecular flexibility index (Phi) is 4.27. The van der Waals surface area contributed by atoms with E-state index in [-0.39, 0.29) is 5.82 Å². The first-order valence-corrected chi connectivity index (χ1v) is 8.30. The monoisotopic (exact) mass is 387 g/mol. The largest absolute Gasteiger partial charge is 0.302 e. The molecule has 8 nitrogen and oxygen atoms in total. The van der Waals surface area contributed by atoms with E-state index in [1.165, 1.54) is 4.52 Å². The number of amides is 1. The highest BCUT2D eigenvalue weighted by atomic mass is 35.5. The highest BCUT2D eigenvalue weighted by molar-refractivity contribution is 6.35. The average Bonchev–Trinajstić information content (AvgIpc) is 3.24. The number of hydrogen-bond acceptors (Lipinski definition) is 5. The van der Waals surface area contributed by atoms with Gasteiger partial charge in [-0.15, -0.1) is 5.10 Å². The van der Waals surface area contributed by atoms with Gasteiger partial charge < -0.3 is 5.32 Å². The second-order valence-corrected chi connectivity index (χ2v) is 6.23. The third-order valence-corrected chi connectivity index (χ3v) is 4.14. The number of anilines is 1. The van der Waals surface area contributed by atoms with Crippen molar-refractivity contribution >= 4 is 40.7 Å². The summed E-state index contributed by atoms with van der Waals surface area (Å²) in [5.41, 5.74) is 0.866. The number of carbonyl (C=O) groups excluding carboxylic acids is 1. The number of halogens is 2. The summed E-state index contributed by atoms with van der Waals surface area (Å²) in [6.07, 6.45) is 4.98. The summed E-state index contributed by atoms with van der Waals surface area (Å²) in [5.74, 6) is 0.275. The predicted molar refractivity (Wildman–Crippen MR) is 96.5 cm³/mol. The molecule has 10 heteroatoms. The minimum Gasteiger partial charge on any atom is -0.302 e. The van der Waals surface area contributed by atoms with Crippen LogP contribution in [0.15, 0.2) is 48.9 Å². The molecule has 0 saturated heterocycles. The summed E-state index contributed by atoms with van der Waals surface area (Å²) < 4.78 is 3.08. The van der Waals surface area contributed by atoms with E-state index in [1.54, 1.807) is 47.5 Å². The van der Waals surface area contributed by atoms with Gasteiger partial charge in [0.1, 0.15) is 0 Å². The molecule has 0 saturated carbocycles. The van der Waals surface area contributed by atoms with Gasteiger partial charge >= 0.3 is 0 Å². The number of benzene rings is 1. The van der Waals surface area contributed by atoms with Gasteiger partial charge in [0.15, 0.2) is 5.82 Å². The predicted octanol–water partition coefficient (Wildman–Crippen LogP) is 2.93. The van der Waals surface area contributed by atoms with E-state index in [9.17, 15) is 4.79 Å². The van der Waals surface area contributed by atoms with Crippen LogP contribution in [-0.2, 0) is 6.54 Å². The van der Waals surface area contributed by atoms with E-state index in [4.69, 9.17) is 23.2 Å². The Bertz CT molecular complexity index is 1070. The van der Waals surface area contributed by atoms with Crippen LogP contribution in [0.5, 0.6) is 0 Å². The molecule has 0 unspecified atom stereocenters. The molecule has 0 aliphatic carbocycles. The quantitative estimate of drug-likeness (QED) is 0.581. The molecule has 3 heterocycles. The maximum absolute atomic E-state index is 12.3. The van der Waals surface area contributed by atoms with Crippen molar-refractivity contribution in [3.63, 3.8) is 0 Å². The second-order valence-electron chi connectivity index (χ2n) is 5.39. The van der Waals surface area contributed by atoms with Gasteiger partial charge in [0, 0.05) is 34.7 Å². The van der Waals surface area contributed by atoms with E-state index in [2.05, 4.69) is 25.5 Å². The molecule has 4 aromatic rings. The minimum atomic E-state index is -0.467. The smallest absolute Gasteiger partial charge is 0.296 e. The van der Waals surface area contributed by atoms with E-state index in [0.29, 0.717) is 28.2 Å².